The fourth-order valence-corrected chi connectivity index (χ4v) is 2.74. The van der Waals surface area contributed by atoms with Gasteiger partial charge in [-0.05, 0) is 18.4 Å². The average Bonchev–Trinajstić information content (AvgIpc) is 2.87. The van der Waals surface area contributed by atoms with Crippen molar-refractivity contribution in [2.75, 3.05) is 31.6 Å². The molecule has 104 valence electrons. The molecule has 2 heterocycles. The number of primary amides is 1. The summed E-state index contributed by atoms with van der Waals surface area (Å²) in [5.41, 5.74) is 5.60. The number of carbonyl (C=O) groups is 2. The van der Waals surface area contributed by atoms with Crippen molar-refractivity contribution in [1.82, 2.24) is 4.90 Å². The summed E-state index contributed by atoms with van der Waals surface area (Å²) in [5, 5.41) is 5.01. The Hall–Kier alpha value is -1.44. The van der Waals surface area contributed by atoms with Gasteiger partial charge in [0.15, 0.2) is 0 Å². The van der Waals surface area contributed by atoms with Gasteiger partial charge in [0.05, 0.1) is 24.8 Å². The Morgan fingerprint density at radius 3 is 2.79 bits per heavy atom. The maximum Gasteiger partial charge on any atom is 0.251 e. The van der Waals surface area contributed by atoms with Crippen LogP contribution in [0.25, 0.3) is 0 Å². The molecule has 3 N–H and O–H groups in total. The monoisotopic (exact) mass is 283 g/mol. The van der Waals surface area contributed by atoms with Crippen LogP contribution in [0.1, 0.15) is 17.3 Å². The molecule has 0 aromatic carbocycles. The van der Waals surface area contributed by atoms with E-state index in [4.69, 9.17) is 10.5 Å². The topological polar surface area (TPSA) is 84.7 Å². The number of ether oxygens (including phenoxy) is 1. The molecular formula is C12H17N3O3S. The van der Waals surface area contributed by atoms with Gasteiger partial charge in [-0.15, -0.1) is 11.3 Å². The Morgan fingerprint density at radius 2 is 2.16 bits per heavy atom. The lowest BCUT2D eigenvalue weighted by atomic mass is 10.2. The second-order valence-corrected chi connectivity index (χ2v) is 5.26. The number of nitrogens with one attached hydrogen (secondary N) is 1. The minimum Gasteiger partial charge on any atom is -0.379 e. The molecule has 0 bridgehead atoms. The van der Waals surface area contributed by atoms with Gasteiger partial charge in [0.1, 0.15) is 5.00 Å². The van der Waals surface area contributed by atoms with Crippen LogP contribution in [-0.4, -0.2) is 49.1 Å². The summed E-state index contributed by atoms with van der Waals surface area (Å²) in [6.45, 7) is 4.61. The number of morpholine rings is 1. The highest BCUT2D eigenvalue weighted by molar-refractivity contribution is 7.14. The molecule has 0 unspecified atom stereocenters. The van der Waals surface area contributed by atoms with Gasteiger partial charge >= 0.3 is 0 Å². The summed E-state index contributed by atoms with van der Waals surface area (Å²) in [4.78, 5) is 25.4. The van der Waals surface area contributed by atoms with E-state index in [0.29, 0.717) is 23.8 Å². The normalized spacial score (nSPS) is 17.9. The standard InChI is InChI=1S/C12H17N3O3S/c1-8(15-3-5-18-6-4-15)11(17)14-12-9(10(13)16)2-7-19-12/h2,7-8H,3-6H2,1H3,(H2,13,16)(H,14,17)/t8-/m1/s1. The Bertz CT molecular complexity index is 469. The maximum absolute atomic E-state index is 12.1. The first kappa shape index (κ1) is 14.0. The lowest BCUT2D eigenvalue weighted by Gasteiger charge is -2.31. The van der Waals surface area contributed by atoms with Crippen molar-refractivity contribution >= 4 is 28.2 Å². The van der Waals surface area contributed by atoms with Crippen LogP contribution in [0.15, 0.2) is 11.4 Å². The van der Waals surface area contributed by atoms with Crippen LogP contribution in [0.3, 0.4) is 0 Å². The van der Waals surface area contributed by atoms with Gasteiger partial charge in [-0.1, -0.05) is 0 Å². The predicted molar refractivity (Wildman–Crippen MR) is 73.3 cm³/mol. The quantitative estimate of drug-likeness (QED) is 0.843. The summed E-state index contributed by atoms with van der Waals surface area (Å²) in [7, 11) is 0. The molecule has 1 fully saturated rings. The van der Waals surface area contributed by atoms with Crippen LogP contribution in [0.4, 0.5) is 5.00 Å². The Balaban J connectivity index is 1.99. The van der Waals surface area contributed by atoms with Crippen LogP contribution in [0.5, 0.6) is 0 Å². The van der Waals surface area contributed by atoms with Crippen molar-refractivity contribution in [2.24, 2.45) is 5.73 Å². The number of nitrogens with zero attached hydrogens (tertiary/aromatic N) is 1. The van der Waals surface area contributed by atoms with E-state index in [1.165, 1.54) is 11.3 Å². The van der Waals surface area contributed by atoms with E-state index in [9.17, 15) is 9.59 Å². The van der Waals surface area contributed by atoms with Crippen molar-refractivity contribution in [1.29, 1.82) is 0 Å². The summed E-state index contributed by atoms with van der Waals surface area (Å²) in [5.74, 6) is -0.664. The van der Waals surface area contributed by atoms with Gasteiger partial charge in [0, 0.05) is 13.1 Å². The SMILES string of the molecule is C[C@H](C(=O)Nc1sccc1C(N)=O)N1CCOCC1. The highest BCUT2D eigenvalue weighted by atomic mass is 32.1. The second-order valence-electron chi connectivity index (χ2n) is 4.34. The van der Waals surface area contributed by atoms with Crippen molar-refractivity contribution in [2.45, 2.75) is 13.0 Å². The van der Waals surface area contributed by atoms with Crippen LogP contribution in [0.2, 0.25) is 0 Å². The van der Waals surface area contributed by atoms with Gasteiger partial charge < -0.3 is 15.8 Å². The second kappa shape index (κ2) is 6.14. The number of anilines is 1. The number of thiophene rings is 1. The summed E-state index contributed by atoms with van der Waals surface area (Å²) in [6, 6.07) is 1.36. The minimum absolute atomic E-state index is 0.133. The molecule has 0 saturated carbocycles. The van der Waals surface area contributed by atoms with Crippen molar-refractivity contribution in [3.63, 3.8) is 0 Å². The van der Waals surface area contributed by atoms with Crippen LogP contribution < -0.4 is 11.1 Å². The Kier molecular flexibility index (Phi) is 4.52. The first-order valence-corrected chi connectivity index (χ1v) is 6.97. The third kappa shape index (κ3) is 3.31. The highest BCUT2D eigenvalue weighted by Gasteiger charge is 2.24. The zero-order valence-electron chi connectivity index (χ0n) is 10.7. The zero-order chi connectivity index (χ0) is 13.8. The van der Waals surface area contributed by atoms with Gasteiger partial charge in [0.25, 0.3) is 5.91 Å². The Morgan fingerprint density at radius 1 is 1.47 bits per heavy atom. The van der Waals surface area contributed by atoms with E-state index in [1.54, 1.807) is 11.4 Å². The van der Waals surface area contributed by atoms with E-state index in [2.05, 4.69) is 10.2 Å². The van der Waals surface area contributed by atoms with E-state index < -0.39 is 5.91 Å². The predicted octanol–water partition coefficient (Wildman–Crippen LogP) is 0.506. The molecule has 1 aliphatic rings. The highest BCUT2D eigenvalue weighted by Crippen LogP contribution is 2.23. The average molecular weight is 283 g/mol. The molecule has 1 aromatic rings. The number of amides is 2. The van der Waals surface area contributed by atoms with Crippen LogP contribution in [-0.2, 0) is 9.53 Å². The lowest BCUT2D eigenvalue weighted by Crippen LogP contribution is -2.47. The summed E-state index contributed by atoms with van der Waals surface area (Å²) >= 11 is 1.29. The molecule has 6 nitrogen and oxygen atoms in total. The molecule has 1 saturated heterocycles. The molecule has 0 radical (unpaired) electrons. The van der Waals surface area contributed by atoms with Crippen molar-refractivity contribution in [3.05, 3.63) is 17.0 Å². The first-order chi connectivity index (χ1) is 9.09. The number of rotatable bonds is 4. The van der Waals surface area contributed by atoms with Crippen molar-refractivity contribution in [3.8, 4) is 0 Å². The summed E-state index contributed by atoms with van der Waals surface area (Å²) < 4.78 is 5.25. The molecule has 2 rings (SSSR count). The number of nitrogens with two attached hydrogens (primary N) is 1. The molecule has 1 atom stereocenters. The van der Waals surface area contributed by atoms with Gasteiger partial charge in [-0.2, -0.15) is 0 Å². The third-order valence-corrected chi connectivity index (χ3v) is 3.97. The van der Waals surface area contributed by atoms with Crippen LogP contribution in [0, 0.1) is 0 Å². The van der Waals surface area contributed by atoms with Crippen molar-refractivity contribution < 1.29 is 14.3 Å². The van der Waals surface area contributed by atoms with Crippen LogP contribution >= 0.6 is 11.3 Å². The van der Waals surface area contributed by atoms with Gasteiger partial charge in [-0.3, -0.25) is 14.5 Å². The fourth-order valence-electron chi connectivity index (χ4n) is 1.95. The number of carbonyl (C=O) groups excluding carboxylic acids is 2. The minimum atomic E-state index is -0.532. The number of hydrogen-bond donors (Lipinski definition) is 2. The first-order valence-electron chi connectivity index (χ1n) is 6.09. The number of hydrogen-bond acceptors (Lipinski definition) is 5. The van der Waals surface area contributed by atoms with E-state index in [-0.39, 0.29) is 11.9 Å². The van der Waals surface area contributed by atoms with Gasteiger partial charge in [-0.25, -0.2) is 0 Å². The fraction of sp³-hybridized carbons (Fsp3) is 0.500. The molecular weight excluding hydrogens is 266 g/mol. The van der Waals surface area contributed by atoms with E-state index in [1.807, 2.05) is 6.92 Å². The smallest absolute Gasteiger partial charge is 0.251 e. The van der Waals surface area contributed by atoms with E-state index >= 15 is 0 Å². The molecule has 1 aliphatic heterocycles. The zero-order valence-corrected chi connectivity index (χ0v) is 11.5. The molecule has 19 heavy (non-hydrogen) atoms. The maximum atomic E-state index is 12.1. The Labute approximate surface area is 115 Å². The third-order valence-electron chi connectivity index (χ3n) is 3.14. The molecule has 1 aromatic heterocycles. The molecule has 0 spiro atoms. The molecule has 7 heteroatoms. The van der Waals surface area contributed by atoms with Gasteiger partial charge in [0.2, 0.25) is 5.91 Å². The lowest BCUT2D eigenvalue weighted by molar-refractivity contribution is -0.122. The summed E-state index contributed by atoms with van der Waals surface area (Å²) in [6.07, 6.45) is 0. The molecule has 2 amide bonds. The molecule has 0 aliphatic carbocycles. The van der Waals surface area contributed by atoms with E-state index in [0.717, 1.165) is 13.1 Å². The largest absolute Gasteiger partial charge is 0.379 e.